The minimum absolute atomic E-state index is 0.144. The van der Waals surface area contributed by atoms with E-state index in [1.165, 1.54) is 0 Å². The summed E-state index contributed by atoms with van der Waals surface area (Å²) in [6, 6.07) is 5.95. The van der Waals surface area contributed by atoms with E-state index in [-0.39, 0.29) is 6.10 Å². The maximum absolute atomic E-state index is 5.77. The van der Waals surface area contributed by atoms with Crippen molar-refractivity contribution in [2.45, 2.75) is 20.0 Å². The number of hydrogen-bond donors (Lipinski definition) is 1. The van der Waals surface area contributed by atoms with Gasteiger partial charge < -0.3 is 14.7 Å². The summed E-state index contributed by atoms with van der Waals surface area (Å²) >= 11 is 5.31. The van der Waals surface area contributed by atoms with Crippen LogP contribution in [0.4, 0.5) is 0 Å². The molecule has 1 N–H and O–H groups in total. The Bertz CT molecular complexity index is 583. The lowest BCUT2D eigenvalue weighted by Gasteiger charge is -2.15. The topological polar surface area (TPSA) is 33.2 Å². The standard InChI is InChI=1S/C12H17N3OS/c1-8(2)16-10-7-5-6-9-11(10)13-12(17)15(9)14(3)4/h5-8H,1-4H3,(H,13,17). The van der Waals surface area contributed by atoms with Crippen molar-refractivity contribution in [3.8, 4) is 5.75 Å². The van der Waals surface area contributed by atoms with Gasteiger partial charge in [-0.25, -0.2) is 4.68 Å². The first-order valence-corrected chi connectivity index (χ1v) is 5.99. The second-order valence-corrected chi connectivity index (χ2v) is 4.79. The summed E-state index contributed by atoms with van der Waals surface area (Å²) in [6.07, 6.45) is 0.144. The van der Waals surface area contributed by atoms with Gasteiger partial charge in [-0.2, -0.15) is 0 Å². The summed E-state index contributed by atoms with van der Waals surface area (Å²) < 4.78 is 8.38. The quantitative estimate of drug-likeness (QED) is 0.851. The average molecular weight is 251 g/mol. The lowest BCUT2D eigenvalue weighted by Crippen LogP contribution is -2.24. The van der Waals surface area contributed by atoms with Crippen LogP contribution < -0.4 is 9.75 Å². The molecule has 0 spiro atoms. The van der Waals surface area contributed by atoms with E-state index >= 15 is 0 Å². The Kier molecular flexibility index (Phi) is 3.11. The number of aromatic nitrogens is 2. The van der Waals surface area contributed by atoms with Gasteiger partial charge in [0.2, 0.25) is 0 Å². The first-order chi connectivity index (χ1) is 8.00. The molecule has 92 valence electrons. The van der Waals surface area contributed by atoms with Crippen molar-refractivity contribution in [2.24, 2.45) is 0 Å². The molecule has 1 heterocycles. The Morgan fingerprint density at radius 3 is 2.65 bits per heavy atom. The van der Waals surface area contributed by atoms with Crippen LogP contribution in [-0.2, 0) is 0 Å². The van der Waals surface area contributed by atoms with Crippen LogP contribution in [-0.4, -0.2) is 29.9 Å². The molecule has 0 aliphatic rings. The summed E-state index contributed by atoms with van der Waals surface area (Å²) in [6.45, 7) is 4.02. The number of nitrogens with zero attached hydrogens (tertiary/aromatic N) is 2. The van der Waals surface area contributed by atoms with Gasteiger partial charge in [-0.1, -0.05) is 6.07 Å². The van der Waals surface area contributed by atoms with Gasteiger partial charge in [-0.3, -0.25) is 0 Å². The van der Waals surface area contributed by atoms with E-state index in [1.54, 1.807) is 0 Å². The Morgan fingerprint density at radius 1 is 1.35 bits per heavy atom. The van der Waals surface area contributed by atoms with E-state index in [2.05, 4.69) is 4.98 Å². The van der Waals surface area contributed by atoms with Crippen molar-refractivity contribution in [3.63, 3.8) is 0 Å². The highest BCUT2D eigenvalue weighted by atomic mass is 32.1. The molecule has 1 aromatic carbocycles. The smallest absolute Gasteiger partial charge is 0.197 e. The average Bonchev–Trinajstić information content (AvgIpc) is 2.54. The molecule has 0 aliphatic carbocycles. The number of H-pyrrole nitrogens is 1. The summed E-state index contributed by atoms with van der Waals surface area (Å²) in [5, 5.41) is 1.94. The van der Waals surface area contributed by atoms with Crippen molar-refractivity contribution >= 4 is 23.3 Å². The van der Waals surface area contributed by atoms with Crippen molar-refractivity contribution in [2.75, 3.05) is 19.1 Å². The molecule has 0 saturated carbocycles. The third kappa shape index (κ3) is 2.15. The molecule has 0 aliphatic heterocycles. The Hall–Kier alpha value is -1.49. The molecule has 0 radical (unpaired) electrons. The monoisotopic (exact) mass is 251 g/mol. The summed E-state index contributed by atoms with van der Waals surface area (Å²) in [4.78, 5) is 3.19. The molecule has 4 nitrogen and oxygen atoms in total. The van der Waals surface area contributed by atoms with Gasteiger partial charge in [0, 0.05) is 14.1 Å². The first-order valence-electron chi connectivity index (χ1n) is 5.58. The Morgan fingerprint density at radius 2 is 2.06 bits per heavy atom. The van der Waals surface area contributed by atoms with Crippen LogP contribution in [0, 0.1) is 4.77 Å². The van der Waals surface area contributed by atoms with E-state index in [1.807, 2.05) is 55.8 Å². The van der Waals surface area contributed by atoms with Gasteiger partial charge in [0.25, 0.3) is 0 Å². The fraction of sp³-hybridized carbons (Fsp3) is 0.417. The molecule has 0 fully saturated rings. The van der Waals surface area contributed by atoms with Crippen LogP contribution in [0.2, 0.25) is 0 Å². The zero-order valence-electron chi connectivity index (χ0n) is 10.5. The first kappa shape index (κ1) is 12.0. The van der Waals surface area contributed by atoms with E-state index < -0.39 is 0 Å². The van der Waals surface area contributed by atoms with Gasteiger partial charge in [0.05, 0.1) is 11.6 Å². The number of fused-ring (bicyclic) bond motifs is 1. The molecule has 0 atom stereocenters. The highest BCUT2D eigenvalue weighted by Gasteiger charge is 2.10. The van der Waals surface area contributed by atoms with Crippen LogP contribution in [0.5, 0.6) is 5.75 Å². The molecule has 1 aromatic heterocycles. The number of aromatic amines is 1. The van der Waals surface area contributed by atoms with Gasteiger partial charge in [-0.05, 0) is 38.2 Å². The molecular formula is C12H17N3OS. The van der Waals surface area contributed by atoms with E-state index in [9.17, 15) is 0 Å². The number of benzene rings is 1. The van der Waals surface area contributed by atoms with Crippen molar-refractivity contribution < 1.29 is 4.74 Å². The molecule has 0 saturated heterocycles. The number of hydrogen-bond acceptors (Lipinski definition) is 3. The highest BCUT2D eigenvalue weighted by Crippen LogP contribution is 2.25. The van der Waals surface area contributed by atoms with Crippen molar-refractivity contribution in [1.82, 2.24) is 9.66 Å². The highest BCUT2D eigenvalue weighted by molar-refractivity contribution is 7.71. The fourth-order valence-corrected chi connectivity index (χ4v) is 2.20. The molecular weight excluding hydrogens is 234 g/mol. The molecule has 2 aromatic rings. The zero-order valence-corrected chi connectivity index (χ0v) is 11.3. The summed E-state index contributed by atoms with van der Waals surface area (Å²) in [7, 11) is 3.91. The van der Waals surface area contributed by atoms with Crippen LogP contribution in [0.15, 0.2) is 18.2 Å². The normalized spacial score (nSPS) is 11.1. The van der Waals surface area contributed by atoms with Crippen molar-refractivity contribution in [1.29, 1.82) is 0 Å². The van der Waals surface area contributed by atoms with Crippen LogP contribution in [0.1, 0.15) is 13.8 Å². The maximum atomic E-state index is 5.77. The second kappa shape index (κ2) is 4.41. The van der Waals surface area contributed by atoms with Crippen LogP contribution in [0.25, 0.3) is 11.0 Å². The zero-order chi connectivity index (χ0) is 12.6. The number of nitrogens with one attached hydrogen (secondary N) is 1. The third-order valence-corrected chi connectivity index (χ3v) is 2.69. The lowest BCUT2D eigenvalue weighted by atomic mass is 10.3. The molecule has 0 unspecified atom stereocenters. The van der Waals surface area contributed by atoms with Gasteiger partial charge in [0.1, 0.15) is 11.3 Å². The second-order valence-electron chi connectivity index (χ2n) is 4.41. The molecule has 2 rings (SSSR count). The Labute approximate surface area is 106 Å². The van der Waals surface area contributed by atoms with Crippen molar-refractivity contribution in [3.05, 3.63) is 23.0 Å². The summed E-state index contributed by atoms with van der Waals surface area (Å²) in [5.74, 6) is 0.837. The van der Waals surface area contributed by atoms with E-state index in [0.717, 1.165) is 16.8 Å². The van der Waals surface area contributed by atoms with Crippen LogP contribution in [0.3, 0.4) is 0 Å². The van der Waals surface area contributed by atoms with Crippen LogP contribution >= 0.6 is 12.2 Å². The number of ether oxygens (including phenoxy) is 1. The fourth-order valence-electron chi connectivity index (χ4n) is 1.84. The minimum atomic E-state index is 0.144. The Balaban J connectivity index is 2.67. The van der Waals surface area contributed by atoms with Gasteiger partial charge in [-0.15, -0.1) is 0 Å². The predicted octanol–water partition coefficient (Wildman–Crippen LogP) is 2.68. The van der Waals surface area contributed by atoms with Gasteiger partial charge >= 0.3 is 0 Å². The van der Waals surface area contributed by atoms with E-state index in [4.69, 9.17) is 17.0 Å². The lowest BCUT2D eigenvalue weighted by molar-refractivity contribution is 0.245. The molecule has 0 bridgehead atoms. The third-order valence-electron chi connectivity index (χ3n) is 2.42. The minimum Gasteiger partial charge on any atom is -0.489 e. The number of rotatable bonds is 3. The number of para-hydroxylation sites is 1. The summed E-state index contributed by atoms with van der Waals surface area (Å²) in [5.41, 5.74) is 1.97. The molecule has 5 heteroatoms. The number of imidazole rings is 1. The molecule has 17 heavy (non-hydrogen) atoms. The predicted molar refractivity (Wildman–Crippen MR) is 73.0 cm³/mol. The molecule has 0 amide bonds. The SMILES string of the molecule is CC(C)Oc1cccc2c1[nH]c(=S)n2N(C)C. The maximum Gasteiger partial charge on any atom is 0.197 e. The largest absolute Gasteiger partial charge is 0.489 e. The van der Waals surface area contributed by atoms with Gasteiger partial charge in [0.15, 0.2) is 4.77 Å². The van der Waals surface area contributed by atoms with E-state index in [0.29, 0.717) is 4.77 Å².